The SMILES string of the molecule is Cc1ccccc1CC(NN)c1cccc2c1OCC2. The van der Waals surface area contributed by atoms with Crippen LogP contribution >= 0.6 is 0 Å². The molecule has 1 unspecified atom stereocenters. The quantitative estimate of drug-likeness (QED) is 0.662. The van der Waals surface area contributed by atoms with Gasteiger partial charge in [0.25, 0.3) is 0 Å². The van der Waals surface area contributed by atoms with Gasteiger partial charge in [-0.2, -0.15) is 0 Å². The lowest BCUT2D eigenvalue weighted by atomic mass is 9.94. The number of benzene rings is 2. The van der Waals surface area contributed by atoms with E-state index < -0.39 is 0 Å². The number of fused-ring (bicyclic) bond motifs is 1. The second-order valence-electron chi connectivity index (χ2n) is 5.28. The van der Waals surface area contributed by atoms with E-state index in [9.17, 15) is 0 Å². The lowest BCUT2D eigenvalue weighted by molar-refractivity contribution is 0.348. The zero-order chi connectivity index (χ0) is 13.9. The van der Waals surface area contributed by atoms with E-state index >= 15 is 0 Å². The highest BCUT2D eigenvalue weighted by atomic mass is 16.5. The van der Waals surface area contributed by atoms with Crippen LogP contribution in [-0.2, 0) is 12.8 Å². The highest BCUT2D eigenvalue weighted by Gasteiger charge is 2.21. The molecule has 0 aromatic heterocycles. The van der Waals surface area contributed by atoms with E-state index in [4.69, 9.17) is 10.6 Å². The van der Waals surface area contributed by atoms with E-state index in [1.54, 1.807) is 0 Å². The third kappa shape index (κ3) is 2.42. The Labute approximate surface area is 119 Å². The van der Waals surface area contributed by atoms with Crippen LogP contribution in [0.25, 0.3) is 0 Å². The first-order chi connectivity index (χ1) is 9.79. The fourth-order valence-corrected chi connectivity index (χ4v) is 2.83. The molecule has 1 aliphatic rings. The van der Waals surface area contributed by atoms with Gasteiger partial charge in [-0.15, -0.1) is 0 Å². The summed E-state index contributed by atoms with van der Waals surface area (Å²) < 4.78 is 5.78. The largest absolute Gasteiger partial charge is 0.493 e. The van der Waals surface area contributed by atoms with Crippen molar-refractivity contribution in [3.05, 3.63) is 64.7 Å². The molecular weight excluding hydrogens is 248 g/mol. The molecule has 1 heterocycles. The van der Waals surface area contributed by atoms with Gasteiger partial charge in [-0.3, -0.25) is 11.3 Å². The predicted molar refractivity (Wildman–Crippen MR) is 80.6 cm³/mol. The zero-order valence-corrected chi connectivity index (χ0v) is 11.7. The molecule has 0 spiro atoms. The number of nitrogens with two attached hydrogens (primary N) is 1. The van der Waals surface area contributed by atoms with Crippen LogP contribution in [0.1, 0.15) is 28.3 Å². The van der Waals surface area contributed by atoms with Gasteiger partial charge < -0.3 is 4.74 Å². The fraction of sp³-hybridized carbons (Fsp3) is 0.294. The number of hydrogen-bond donors (Lipinski definition) is 2. The summed E-state index contributed by atoms with van der Waals surface area (Å²) in [6.45, 7) is 2.91. The Morgan fingerprint density at radius 1 is 1.20 bits per heavy atom. The Bertz CT molecular complexity index is 610. The van der Waals surface area contributed by atoms with Gasteiger partial charge in [-0.25, -0.2) is 0 Å². The van der Waals surface area contributed by atoms with Gasteiger partial charge in [-0.05, 0) is 30.0 Å². The number of para-hydroxylation sites is 1. The summed E-state index contributed by atoms with van der Waals surface area (Å²) in [6, 6.07) is 14.8. The van der Waals surface area contributed by atoms with Crippen molar-refractivity contribution in [3.8, 4) is 5.75 Å². The normalized spacial score (nSPS) is 14.7. The standard InChI is InChI=1S/C17H20N2O/c1-12-5-2-3-6-14(12)11-16(19-18)15-8-4-7-13-9-10-20-17(13)15/h2-8,16,19H,9-11,18H2,1H3. The summed E-state index contributed by atoms with van der Waals surface area (Å²) in [5.41, 5.74) is 7.99. The summed E-state index contributed by atoms with van der Waals surface area (Å²) in [5.74, 6) is 6.81. The molecule has 0 saturated heterocycles. The number of aryl methyl sites for hydroxylation is 1. The number of rotatable bonds is 4. The van der Waals surface area contributed by atoms with Gasteiger partial charge in [0.15, 0.2) is 0 Å². The molecule has 1 aliphatic heterocycles. The topological polar surface area (TPSA) is 47.3 Å². The van der Waals surface area contributed by atoms with Crippen molar-refractivity contribution in [1.29, 1.82) is 0 Å². The Hall–Kier alpha value is -1.84. The molecular formula is C17H20N2O. The van der Waals surface area contributed by atoms with E-state index in [0.717, 1.165) is 30.8 Å². The van der Waals surface area contributed by atoms with Crippen LogP contribution in [-0.4, -0.2) is 6.61 Å². The van der Waals surface area contributed by atoms with Crippen molar-refractivity contribution in [3.63, 3.8) is 0 Å². The first-order valence-corrected chi connectivity index (χ1v) is 7.05. The molecule has 0 aliphatic carbocycles. The van der Waals surface area contributed by atoms with Crippen LogP contribution < -0.4 is 16.0 Å². The molecule has 2 aromatic rings. The average Bonchev–Trinajstić information content (AvgIpc) is 2.95. The van der Waals surface area contributed by atoms with E-state index in [1.165, 1.54) is 16.7 Å². The Balaban J connectivity index is 1.91. The summed E-state index contributed by atoms with van der Waals surface area (Å²) in [6.07, 6.45) is 1.85. The molecule has 1 atom stereocenters. The van der Waals surface area contributed by atoms with Crippen LogP contribution in [0.5, 0.6) is 5.75 Å². The molecule has 0 fully saturated rings. The van der Waals surface area contributed by atoms with Gasteiger partial charge in [0.2, 0.25) is 0 Å². The molecule has 0 radical (unpaired) electrons. The minimum atomic E-state index is 0.0733. The van der Waals surface area contributed by atoms with Crippen molar-refractivity contribution in [2.75, 3.05) is 6.61 Å². The Kier molecular flexibility index (Phi) is 3.72. The zero-order valence-electron chi connectivity index (χ0n) is 11.7. The molecule has 3 heteroatoms. The second-order valence-corrected chi connectivity index (χ2v) is 5.28. The molecule has 2 aromatic carbocycles. The average molecular weight is 268 g/mol. The monoisotopic (exact) mass is 268 g/mol. The van der Waals surface area contributed by atoms with Crippen LogP contribution in [0.15, 0.2) is 42.5 Å². The van der Waals surface area contributed by atoms with Crippen LogP contribution in [0.2, 0.25) is 0 Å². The molecule has 0 saturated carbocycles. The van der Waals surface area contributed by atoms with Crippen LogP contribution in [0, 0.1) is 6.92 Å². The molecule has 3 nitrogen and oxygen atoms in total. The van der Waals surface area contributed by atoms with Crippen LogP contribution in [0.4, 0.5) is 0 Å². The van der Waals surface area contributed by atoms with Gasteiger partial charge in [-0.1, -0.05) is 42.5 Å². The second kappa shape index (κ2) is 5.65. The molecule has 0 amide bonds. The summed E-state index contributed by atoms with van der Waals surface area (Å²) in [4.78, 5) is 0. The van der Waals surface area contributed by atoms with Crippen molar-refractivity contribution in [1.82, 2.24) is 5.43 Å². The summed E-state index contributed by atoms with van der Waals surface area (Å²) in [7, 11) is 0. The lowest BCUT2D eigenvalue weighted by Gasteiger charge is -2.20. The Morgan fingerprint density at radius 3 is 2.85 bits per heavy atom. The summed E-state index contributed by atoms with van der Waals surface area (Å²) in [5, 5.41) is 0. The maximum atomic E-state index is 5.79. The van der Waals surface area contributed by atoms with Crippen molar-refractivity contribution < 1.29 is 4.74 Å². The van der Waals surface area contributed by atoms with Crippen LogP contribution in [0.3, 0.4) is 0 Å². The van der Waals surface area contributed by atoms with Gasteiger partial charge >= 0.3 is 0 Å². The van der Waals surface area contributed by atoms with Crippen molar-refractivity contribution in [2.45, 2.75) is 25.8 Å². The van der Waals surface area contributed by atoms with Crippen molar-refractivity contribution in [2.24, 2.45) is 5.84 Å². The van der Waals surface area contributed by atoms with E-state index in [0.29, 0.717) is 0 Å². The molecule has 3 N–H and O–H groups in total. The molecule has 0 bridgehead atoms. The number of hydrogen-bond acceptors (Lipinski definition) is 3. The summed E-state index contributed by atoms with van der Waals surface area (Å²) >= 11 is 0. The molecule has 104 valence electrons. The minimum absolute atomic E-state index is 0.0733. The first-order valence-electron chi connectivity index (χ1n) is 7.05. The predicted octanol–water partition coefficient (Wildman–Crippen LogP) is 2.68. The third-order valence-corrected chi connectivity index (χ3v) is 4.01. The van der Waals surface area contributed by atoms with Gasteiger partial charge in [0, 0.05) is 12.0 Å². The number of ether oxygens (including phenoxy) is 1. The molecule has 20 heavy (non-hydrogen) atoms. The highest BCUT2D eigenvalue weighted by Crippen LogP contribution is 2.34. The molecule has 3 rings (SSSR count). The van der Waals surface area contributed by atoms with E-state index in [-0.39, 0.29) is 6.04 Å². The first kappa shape index (κ1) is 13.2. The number of nitrogens with one attached hydrogen (secondary N) is 1. The van der Waals surface area contributed by atoms with Gasteiger partial charge in [0.1, 0.15) is 5.75 Å². The smallest absolute Gasteiger partial charge is 0.127 e. The number of hydrazine groups is 1. The van der Waals surface area contributed by atoms with E-state index in [2.05, 4.69) is 54.8 Å². The Morgan fingerprint density at radius 2 is 2.05 bits per heavy atom. The van der Waals surface area contributed by atoms with Gasteiger partial charge in [0.05, 0.1) is 12.6 Å². The van der Waals surface area contributed by atoms with E-state index in [1.807, 2.05) is 0 Å². The highest BCUT2D eigenvalue weighted by molar-refractivity contribution is 5.46. The maximum Gasteiger partial charge on any atom is 0.127 e. The third-order valence-electron chi connectivity index (χ3n) is 4.01. The minimum Gasteiger partial charge on any atom is -0.493 e. The van der Waals surface area contributed by atoms with Crippen molar-refractivity contribution >= 4 is 0 Å². The lowest BCUT2D eigenvalue weighted by Crippen LogP contribution is -2.30. The maximum absolute atomic E-state index is 5.79. The fourth-order valence-electron chi connectivity index (χ4n) is 2.83.